The molecular weight excluding hydrogens is 676 g/mol. The first-order chi connectivity index (χ1) is 19.4. The SMILES string of the molecule is CCOC(=O)c1ccccc1OP(=O)(N[C@@H](C)C(=O)OCC)OC[C@H]1O[C@@H](n2cc(I)c(=O)[nH]c2=O)C2(CC2)[C@@H]1O. The number of aromatic amines is 1. The summed E-state index contributed by atoms with van der Waals surface area (Å²) in [7, 11) is -4.44. The number of para-hydroxylation sites is 1. The highest BCUT2D eigenvalue weighted by atomic mass is 127. The highest BCUT2D eigenvalue weighted by molar-refractivity contribution is 14.1. The van der Waals surface area contributed by atoms with Gasteiger partial charge in [0.1, 0.15) is 29.7 Å². The number of nitrogens with one attached hydrogen (secondary N) is 2. The van der Waals surface area contributed by atoms with Crippen LogP contribution in [0.5, 0.6) is 5.75 Å². The van der Waals surface area contributed by atoms with Crippen molar-refractivity contribution >= 4 is 42.3 Å². The lowest BCUT2D eigenvalue weighted by Crippen LogP contribution is -2.37. The molecule has 2 fully saturated rings. The topological polar surface area (TPSA) is 184 Å². The third-order valence-corrected chi connectivity index (χ3v) is 9.14. The zero-order chi connectivity index (χ0) is 29.9. The van der Waals surface area contributed by atoms with Gasteiger partial charge in [-0.1, -0.05) is 12.1 Å². The Morgan fingerprint density at radius 2 is 1.93 bits per heavy atom. The van der Waals surface area contributed by atoms with Crippen molar-refractivity contribution in [3.8, 4) is 5.75 Å². The standard InChI is InChI=1S/C25H31IN3O11P/c1-4-36-21(32)14(3)28-41(35,40-17-9-7-6-8-15(17)22(33)37-5-2)38-13-18-19(30)25(10-11-25)23(39-18)29-12-16(26)20(31)27-24(29)34/h6-9,12,14,18-19,23,30H,4-5,10-11,13H2,1-3H3,(H,28,35)(H,27,31,34)/t14-,18+,19+,23+,41?/m0/s1. The first-order valence-corrected chi connectivity index (χ1v) is 15.6. The molecule has 2 aromatic rings. The Labute approximate surface area is 248 Å². The van der Waals surface area contributed by atoms with Gasteiger partial charge < -0.3 is 23.8 Å². The third-order valence-electron chi connectivity index (χ3n) is 6.74. The van der Waals surface area contributed by atoms with E-state index in [1.165, 1.54) is 29.8 Å². The Bertz CT molecular complexity index is 1460. The first kappa shape index (κ1) is 31.4. The fourth-order valence-corrected chi connectivity index (χ4v) is 6.51. The minimum Gasteiger partial charge on any atom is -0.465 e. The quantitative estimate of drug-likeness (QED) is 0.166. The van der Waals surface area contributed by atoms with Gasteiger partial charge in [-0.25, -0.2) is 14.2 Å². The summed E-state index contributed by atoms with van der Waals surface area (Å²) in [6.45, 7) is 4.34. The molecule has 1 spiro atoms. The minimum absolute atomic E-state index is 0.0232. The van der Waals surface area contributed by atoms with Crippen molar-refractivity contribution in [1.29, 1.82) is 0 Å². The van der Waals surface area contributed by atoms with Gasteiger partial charge in [0.05, 0.1) is 29.5 Å². The van der Waals surface area contributed by atoms with E-state index in [9.17, 15) is 28.8 Å². The van der Waals surface area contributed by atoms with Crippen LogP contribution in [-0.4, -0.2) is 64.7 Å². The lowest BCUT2D eigenvalue weighted by atomic mass is 9.96. The van der Waals surface area contributed by atoms with E-state index in [1.807, 2.05) is 0 Å². The number of rotatable bonds is 12. The van der Waals surface area contributed by atoms with Crippen molar-refractivity contribution in [3.05, 3.63) is 60.4 Å². The number of aliphatic hydroxyl groups excluding tert-OH is 1. The van der Waals surface area contributed by atoms with E-state index in [4.69, 9.17) is 23.3 Å². The molecule has 41 heavy (non-hydrogen) atoms. The maximum atomic E-state index is 14.0. The first-order valence-electron chi connectivity index (χ1n) is 12.9. The molecule has 0 bridgehead atoms. The molecule has 1 aromatic heterocycles. The maximum Gasteiger partial charge on any atom is 0.459 e. The molecule has 16 heteroatoms. The molecule has 1 aromatic carbocycles. The number of aliphatic hydroxyl groups is 1. The van der Waals surface area contributed by atoms with Crippen LogP contribution in [-0.2, 0) is 28.1 Å². The molecule has 4 rings (SSSR count). The van der Waals surface area contributed by atoms with Crippen molar-refractivity contribution in [2.45, 2.75) is 58.1 Å². The average Bonchev–Trinajstić information content (AvgIpc) is 3.68. The van der Waals surface area contributed by atoms with Crippen LogP contribution in [0.3, 0.4) is 0 Å². The average molecular weight is 707 g/mol. The Morgan fingerprint density at radius 1 is 1.24 bits per heavy atom. The lowest BCUT2D eigenvalue weighted by molar-refractivity contribution is -0.144. The number of H-pyrrole nitrogens is 1. The summed E-state index contributed by atoms with van der Waals surface area (Å²) in [4.78, 5) is 51.4. The van der Waals surface area contributed by atoms with Crippen LogP contribution >= 0.6 is 30.3 Å². The van der Waals surface area contributed by atoms with Gasteiger partial charge in [0.15, 0.2) is 0 Å². The van der Waals surface area contributed by atoms with Crippen LogP contribution in [0.4, 0.5) is 0 Å². The number of carbonyl (C=O) groups excluding carboxylic acids is 2. The molecule has 1 aliphatic heterocycles. The highest BCUT2D eigenvalue weighted by Gasteiger charge is 2.64. The van der Waals surface area contributed by atoms with Crippen LogP contribution < -0.4 is 20.9 Å². The molecule has 1 aliphatic carbocycles. The van der Waals surface area contributed by atoms with Gasteiger partial charge >= 0.3 is 25.4 Å². The fourth-order valence-electron chi connectivity index (χ4n) is 4.56. The van der Waals surface area contributed by atoms with Crippen LogP contribution in [0.2, 0.25) is 0 Å². The van der Waals surface area contributed by atoms with E-state index in [0.29, 0.717) is 12.8 Å². The smallest absolute Gasteiger partial charge is 0.459 e. The van der Waals surface area contributed by atoms with Gasteiger partial charge in [0, 0.05) is 11.6 Å². The zero-order valence-corrected chi connectivity index (χ0v) is 25.6. The number of halogens is 1. The Hall–Kier alpha value is -2.56. The number of ether oxygens (including phenoxy) is 3. The van der Waals surface area contributed by atoms with E-state index >= 15 is 0 Å². The number of benzene rings is 1. The molecular formula is C25H31IN3O11P. The van der Waals surface area contributed by atoms with Crippen molar-refractivity contribution in [2.24, 2.45) is 5.41 Å². The molecule has 0 radical (unpaired) electrons. The fraction of sp³-hybridized carbons (Fsp3) is 0.520. The number of aromatic nitrogens is 2. The van der Waals surface area contributed by atoms with E-state index in [1.54, 1.807) is 48.6 Å². The predicted octanol–water partition coefficient (Wildman–Crippen LogP) is 2.10. The maximum absolute atomic E-state index is 14.0. The summed E-state index contributed by atoms with van der Waals surface area (Å²) in [5.41, 5.74) is -2.08. The van der Waals surface area contributed by atoms with Crippen LogP contribution in [0.1, 0.15) is 50.2 Å². The molecule has 2 heterocycles. The summed E-state index contributed by atoms with van der Waals surface area (Å²) in [5.74, 6) is -1.57. The van der Waals surface area contributed by atoms with Crippen molar-refractivity contribution in [3.63, 3.8) is 0 Å². The monoisotopic (exact) mass is 707 g/mol. The van der Waals surface area contributed by atoms with Gasteiger partial charge in [0.2, 0.25) is 0 Å². The van der Waals surface area contributed by atoms with Gasteiger partial charge in [-0.05, 0) is 68.3 Å². The number of nitrogens with zero attached hydrogens (tertiary/aromatic N) is 1. The normalized spacial score (nSPS) is 23.0. The Kier molecular flexibility index (Phi) is 9.76. The second-order valence-electron chi connectivity index (χ2n) is 9.55. The third kappa shape index (κ3) is 6.75. The largest absolute Gasteiger partial charge is 0.465 e. The molecule has 2 aliphatic rings. The minimum atomic E-state index is -4.44. The zero-order valence-electron chi connectivity index (χ0n) is 22.5. The van der Waals surface area contributed by atoms with Crippen LogP contribution in [0, 0.1) is 8.99 Å². The van der Waals surface area contributed by atoms with Crippen LogP contribution in [0.15, 0.2) is 40.1 Å². The molecule has 1 unspecified atom stereocenters. The number of esters is 2. The van der Waals surface area contributed by atoms with Gasteiger partial charge in [0.25, 0.3) is 5.56 Å². The van der Waals surface area contributed by atoms with Gasteiger partial charge in [-0.15, -0.1) is 0 Å². The van der Waals surface area contributed by atoms with E-state index < -0.39 is 67.4 Å². The number of hydrogen-bond donors (Lipinski definition) is 3. The Balaban J connectivity index is 1.59. The summed E-state index contributed by atoms with van der Waals surface area (Å²) < 4.78 is 43.0. The summed E-state index contributed by atoms with van der Waals surface area (Å²) >= 11 is 1.79. The predicted molar refractivity (Wildman–Crippen MR) is 151 cm³/mol. The molecule has 1 saturated heterocycles. The van der Waals surface area contributed by atoms with Gasteiger partial charge in [-0.2, -0.15) is 5.09 Å². The second-order valence-corrected chi connectivity index (χ2v) is 12.4. The number of hydrogen-bond acceptors (Lipinski definition) is 11. The molecule has 1 saturated carbocycles. The lowest BCUT2D eigenvalue weighted by Gasteiger charge is -2.25. The van der Waals surface area contributed by atoms with Crippen molar-refractivity contribution in [2.75, 3.05) is 19.8 Å². The van der Waals surface area contributed by atoms with E-state index in [-0.39, 0.29) is 28.1 Å². The van der Waals surface area contributed by atoms with E-state index in [2.05, 4.69) is 10.1 Å². The number of carbonyl (C=O) groups is 2. The highest BCUT2D eigenvalue weighted by Crippen LogP contribution is 2.62. The molecule has 3 N–H and O–H groups in total. The molecule has 224 valence electrons. The summed E-state index contributed by atoms with van der Waals surface area (Å²) in [6.07, 6.45) is -0.665. The molecule has 14 nitrogen and oxygen atoms in total. The summed E-state index contributed by atoms with van der Waals surface area (Å²) in [6, 6.07) is 4.78. The summed E-state index contributed by atoms with van der Waals surface area (Å²) in [5, 5.41) is 13.7. The van der Waals surface area contributed by atoms with Gasteiger partial charge in [-0.3, -0.25) is 23.7 Å². The molecule has 0 amide bonds. The van der Waals surface area contributed by atoms with Crippen molar-refractivity contribution in [1.82, 2.24) is 14.6 Å². The van der Waals surface area contributed by atoms with E-state index in [0.717, 1.165) is 0 Å². The van der Waals surface area contributed by atoms with Crippen molar-refractivity contribution < 1.29 is 42.5 Å². The molecule has 5 atom stereocenters. The van der Waals surface area contributed by atoms with Crippen LogP contribution in [0.25, 0.3) is 0 Å². The second kappa shape index (κ2) is 12.8. The Morgan fingerprint density at radius 3 is 2.59 bits per heavy atom.